The minimum atomic E-state index is -0.135. The standard InChI is InChI=1S/C17H20N6OS.C3H8/c1-5-12(20-11(4)24)6-13-10(3)22-23-15(13)14-8-25-17(21-14)16-18-7-9(2)19-16;1-3-2/h5-8,15,22-23H,1H2,2-4H3,(H,18,19)(H,20,24);3H2,1-2H3/b12-6+;. The van der Waals surface area contributed by atoms with Crippen LogP contribution in [-0.2, 0) is 4.79 Å². The maximum atomic E-state index is 11.3. The van der Waals surface area contributed by atoms with Gasteiger partial charge in [0, 0.05) is 35.6 Å². The SMILES string of the molecule is C=C/C(=C\C1=C(C)NNC1c1csc(-c2ncc(C)[nH]2)n1)NC(C)=O.CCC. The number of amides is 1. The van der Waals surface area contributed by atoms with E-state index in [-0.39, 0.29) is 11.9 Å². The molecular formula is C20H28N6OS. The maximum absolute atomic E-state index is 11.3. The van der Waals surface area contributed by atoms with Gasteiger partial charge >= 0.3 is 0 Å². The molecule has 1 amide bonds. The predicted molar refractivity (Wildman–Crippen MR) is 114 cm³/mol. The summed E-state index contributed by atoms with van der Waals surface area (Å²) in [5, 5.41) is 5.61. The summed E-state index contributed by atoms with van der Waals surface area (Å²) in [7, 11) is 0. The number of nitrogens with zero attached hydrogens (tertiary/aromatic N) is 2. The van der Waals surface area contributed by atoms with Crippen molar-refractivity contribution in [2.24, 2.45) is 0 Å². The third kappa shape index (κ3) is 5.40. The molecule has 3 rings (SSSR count). The highest BCUT2D eigenvalue weighted by molar-refractivity contribution is 7.13. The number of hydrogen-bond donors (Lipinski definition) is 4. The normalized spacial score (nSPS) is 16.3. The fourth-order valence-electron chi connectivity index (χ4n) is 2.54. The lowest BCUT2D eigenvalue weighted by atomic mass is 10.0. The Hall–Kier alpha value is -2.71. The van der Waals surface area contributed by atoms with Gasteiger partial charge in [0.05, 0.1) is 11.7 Å². The van der Waals surface area contributed by atoms with E-state index in [1.165, 1.54) is 24.7 Å². The van der Waals surface area contributed by atoms with Gasteiger partial charge in [0.1, 0.15) is 0 Å². The molecule has 7 nitrogen and oxygen atoms in total. The summed E-state index contributed by atoms with van der Waals surface area (Å²) in [6, 6.07) is -0.121. The van der Waals surface area contributed by atoms with E-state index in [1.54, 1.807) is 12.3 Å². The van der Waals surface area contributed by atoms with Crippen molar-refractivity contribution in [3.8, 4) is 10.8 Å². The molecule has 8 heteroatoms. The van der Waals surface area contributed by atoms with Crippen LogP contribution in [0.25, 0.3) is 10.8 Å². The number of rotatable bonds is 5. The Morgan fingerprint density at radius 3 is 2.68 bits per heavy atom. The van der Waals surface area contributed by atoms with E-state index in [2.05, 4.69) is 46.6 Å². The number of H-pyrrole nitrogens is 1. The second-order valence-electron chi connectivity index (χ2n) is 6.47. The Kier molecular flexibility index (Phi) is 7.71. The molecular weight excluding hydrogens is 372 g/mol. The van der Waals surface area contributed by atoms with Gasteiger partial charge in [-0.25, -0.2) is 15.4 Å². The van der Waals surface area contributed by atoms with Crippen molar-refractivity contribution >= 4 is 17.2 Å². The zero-order chi connectivity index (χ0) is 20.7. The first kappa shape index (κ1) is 21.6. The zero-order valence-corrected chi connectivity index (χ0v) is 17.8. The number of hydrazine groups is 1. The molecule has 0 saturated carbocycles. The van der Waals surface area contributed by atoms with E-state index < -0.39 is 0 Å². The molecule has 1 aliphatic heterocycles. The van der Waals surface area contributed by atoms with Crippen molar-refractivity contribution in [2.45, 2.75) is 47.1 Å². The van der Waals surface area contributed by atoms with E-state index in [9.17, 15) is 4.79 Å². The number of imidazole rings is 1. The lowest BCUT2D eigenvalue weighted by molar-refractivity contribution is -0.118. The topological polar surface area (TPSA) is 94.7 Å². The number of aromatic nitrogens is 3. The molecule has 2 aromatic heterocycles. The van der Waals surface area contributed by atoms with E-state index in [0.717, 1.165) is 33.5 Å². The van der Waals surface area contributed by atoms with Gasteiger partial charge in [-0.2, -0.15) is 0 Å². The van der Waals surface area contributed by atoms with E-state index in [0.29, 0.717) is 5.70 Å². The molecule has 0 radical (unpaired) electrons. The van der Waals surface area contributed by atoms with Crippen LogP contribution in [0.2, 0.25) is 0 Å². The van der Waals surface area contributed by atoms with E-state index in [4.69, 9.17) is 4.98 Å². The van der Waals surface area contributed by atoms with Gasteiger partial charge in [0.25, 0.3) is 0 Å². The number of allylic oxidation sites excluding steroid dienone is 2. The van der Waals surface area contributed by atoms with Crippen LogP contribution in [0.1, 0.15) is 51.5 Å². The van der Waals surface area contributed by atoms with Crippen molar-refractivity contribution < 1.29 is 4.79 Å². The Labute approximate surface area is 170 Å². The molecule has 0 saturated heterocycles. The average molecular weight is 401 g/mol. The summed E-state index contributed by atoms with van der Waals surface area (Å²) < 4.78 is 0. The summed E-state index contributed by atoms with van der Waals surface area (Å²) in [5.41, 5.74) is 10.9. The molecule has 150 valence electrons. The fourth-order valence-corrected chi connectivity index (χ4v) is 3.33. The van der Waals surface area contributed by atoms with Crippen LogP contribution < -0.4 is 16.2 Å². The summed E-state index contributed by atoms with van der Waals surface area (Å²) in [6.45, 7) is 13.4. The first-order valence-electron chi connectivity index (χ1n) is 9.20. The Balaban J connectivity index is 0.000000878. The molecule has 4 N–H and O–H groups in total. The molecule has 1 atom stereocenters. The average Bonchev–Trinajstić information content (AvgIpc) is 3.35. The van der Waals surface area contributed by atoms with Crippen molar-refractivity contribution in [3.05, 3.63) is 58.7 Å². The number of aromatic amines is 1. The van der Waals surface area contributed by atoms with Crippen LogP contribution in [0.3, 0.4) is 0 Å². The smallest absolute Gasteiger partial charge is 0.221 e. The Morgan fingerprint density at radius 1 is 1.39 bits per heavy atom. The minimum Gasteiger partial charge on any atom is -0.340 e. The summed E-state index contributed by atoms with van der Waals surface area (Å²) in [6.07, 6.45) is 6.56. The summed E-state index contributed by atoms with van der Waals surface area (Å²) in [4.78, 5) is 23.5. The van der Waals surface area contributed by atoms with Crippen molar-refractivity contribution in [2.75, 3.05) is 0 Å². The van der Waals surface area contributed by atoms with Gasteiger partial charge < -0.3 is 15.7 Å². The lowest BCUT2D eigenvalue weighted by Gasteiger charge is -2.11. The first-order valence-corrected chi connectivity index (χ1v) is 10.1. The minimum absolute atomic E-state index is 0.121. The molecule has 3 heterocycles. The van der Waals surface area contributed by atoms with Crippen LogP contribution in [0.15, 0.2) is 47.3 Å². The Morgan fingerprint density at radius 2 is 2.11 bits per heavy atom. The second-order valence-corrected chi connectivity index (χ2v) is 7.33. The highest BCUT2D eigenvalue weighted by Crippen LogP contribution is 2.32. The molecule has 0 aromatic carbocycles. The maximum Gasteiger partial charge on any atom is 0.221 e. The van der Waals surface area contributed by atoms with Crippen LogP contribution in [0.5, 0.6) is 0 Å². The van der Waals surface area contributed by atoms with E-state index >= 15 is 0 Å². The van der Waals surface area contributed by atoms with Gasteiger partial charge in [-0.05, 0) is 31.6 Å². The largest absolute Gasteiger partial charge is 0.340 e. The van der Waals surface area contributed by atoms with Crippen LogP contribution in [0.4, 0.5) is 0 Å². The zero-order valence-electron chi connectivity index (χ0n) is 17.0. The van der Waals surface area contributed by atoms with Crippen molar-refractivity contribution in [1.82, 2.24) is 31.1 Å². The monoisotopic (exact) mass is 400 g/mol. The molecule has 1 aliphatic rings. The van der Waals surface area contributed by atoms with Crippen molar-refractivity contribution in [1.29, 1.82) is 0 Å². The lowest BCUT2D eigenvalue weighted by Crippen LogP contribution is -2.26. The van der Waals surface area contributed by atoms with Crippen LogP contribution in [0, 0.1) is 6.92 Å². The van der Waals surface area contributed by atoms with Gasteiger partial charge in [-0.1, -0.05) is 26.8 Å². The summed E-state index contributed by atoms with van der Waals surface area (Å²) >= 11 is 1.54. The van der Waals surface area contributed by atoms with Crippen LogP contribution in [-0.4, -0.2) is 20.9 Å². The Bertz CT molecular complexity index is 892. The molecule has 0 fully saturated rings. The predicted octanol–water partition coefficient (Wildman–Crippen LogP) is 3.89. The fraction of sp³-hybridized carbons (Fsp3) is 0.350. The van der Waals surface area contributed by atoms with Crippen LogP contribution >= 0.6 is 11.3 Å². The second kappa shape index (κ2) is 10.0. The molecule has 2 aromatic rings. The quantitative estimate of drug-likeness (QED) is 0.571. The number of thiazole rings is 1. The number of aryl methyl sites for hydroxylation is 1. The third-order valence-electron chi connectivity index (χ3n) is 3.72. The molecule has 0 bridgehead atoms. The highest BCUT2D eigenvalue weighted by Gasteiger charge is 2.26. The first-order chi connectivity index (χ1) is 13.4. The van der Waals surface area contributed by atoms with E-state index in [1.807, 2.05) is 25.3 Å². The number of nitrogens with one attached hydrogen (secondary N) is 4. The van der Waals surface area contributed by atoms with Gasteiger partial charge in [-0.3, -0.25) is 4.79 Å². The molecule has 28 heavy (non-hydrogen) atoms. The highest BCUT2D eigenvalue weighted by atomic mass is 32.1. The third-order valence-corrected chi connectivity index (χ3v) is 4.59. The summed E-state index contributed by atoms with van der Waals surface area (Å²) in [5.74, 6) is 0.631. The number of carbonyl (C=O) groups excluding carboxylic acids is 1. The molecule has 1 unspecified atom stereocenters. The van der Waals surface area contributed by atoms with Gasteiger partial charge in [0.2, 0.25) is 5.91 Å². The molecule has 0 aliphatic carbocycles. The molecule has 0 spiro atoms. The number of hydrogen-bond acceptors (Lipinski definition) is 6. The van der Waals surface area contributed by atoms with Gasteiger partial charge in [0.15, 0.2) is 10.8 Å². The number of carbonyl (C=O) groups is 1. The van der Waals surface area contributed by atoms with Gasteiger partial charge in [-0.15, -0.1) is 11.3 Å². The van der Waals surface area contributed by atoms with Crippen molar-refractivity contribution in [3.63, 3.8) is 0 Å².